The van der Waals surface area contributed by atoms with Crippen LogP contribution in [-0.2, 0) is 13.6 Å². The Morgan fingerprint density at radius 2 is 1.81 bits per heavy atom. The molecule has 0 amide bonds. The average Bonchev–Trinajstić information content (AvgIpc) is 2.17. The van der Waals surface area contributed by atoms with Crippen LogP contribution in [0.25, 0.3) is 0 Å². The van der Waals surface area contributed by atoms with Gasteiger partial charge >= 0.3 is 14.5 Å². The molecule has 0 aromatic rings. The van der Waals surface area contributed by atoms with Crippen molar-refractivity contribution in [1.82, 2.24) is 0 Å². The van der Waals surface area contributed by atoms with Gasteiger partial charge in [-0.2, -0.15) is 0 Å². The lowest BCUT2D eigenvalue weighted by Gasteiger charge is -2.25. The summed E-state index contributed by atoms with van der Waals surface area (Å²) in [7, 11) is -2.09. The van der Waals surface area contributed by atoms with Gasteiger partial charge in [-0.05, 0) is 39.8 Å². The zero-order chi connectivity index (χ0) is 12.6. The Labute approximate surface area is 98.5 Å². The van der Waals surface area contributed by atoms with E-state index in [1.807, 2.05) is 20.4 Å². The lowest BCUT2D eigenvalue weighted by atomic mass is 10.2. The summed E-state index contributed by atoms with van der Waals surface area (Å²) in [5, 5.41) is 8.70. The van der Waals surface area contributed by atoms with Crippen molar-refractivity contribution >= 4 is 14.5 Å². The predicted molar refractivity (Wildman–Crippen MR) is 65.7 cm³/mol. The van der Waals surface area contributed by atoms with Crippen LogP contribution in [0.1, 0.15) is 27.2 Å². The second-order valence-corrected chi connectivity index (χ2v) is 7.08. The van der Waals surface area contributed by atoms with Crippen molar-refractivity contribution in [3.63, 3.8) is 0 Å². The Morgan fingerprint density at radius 1 is 1.31 bits per heavy atom. The second kappa shape index (κ2) is 7.59. The van der Waals surface area contributed by atoms with E-state index in [9.17, 15) is 4.79 Å². The van der Waals surface area contributed by atoms with E-state index < -0.39 is 14.5 Å². The van der Waals surface area contributed by atoms with Crippen LogP contribution in [-0.4, -0.2) is 32.9 Å². The Kier molecular flexibility index (Phi) is 7.28. The quantitative estimate of drug-likeness (QED) is 0.528. The molecule has 0 aromatic carbocycles. The van der Waals surface area contributed by atoms with Gasteiger partial charge in [-0.25, -0.2) is 4.79 Å². The summed E-state index contributed by atoms with van der Waals surface area (Å²) < 4.78 is 11.3. The lowest BCUT2D eigenvalue weighted by Crippen LogP contribution is -2.38. The highest BCUT2D eigenvalue weighted by atomic mass is 28.4. The molecule has 0 radical (unpaired) electrons. The van der Waals surface area contributed by atoms with Gasteiger partial charge in [0.2, 0.25) is 0 Å². The molecule has 0 spiro atoms. The molecular formula is C11H22O4Si. The molecule has 0 aromatic heterocycles. The summed E-state index contributed by atoms with van der Waals surface area (Å²) in [5.41, 5.74) is 0.379. The summed E-state index contributed by atoms with van der Waals surface area (Å²) in [6.45, 7) is 8.80. The van der Waals surface area contributed by atoms with E-state index in [1.54, 1.807) is 13.0 Å². The van der Waals surface area contributed by atoms with Crippen molar-refractivity contribution in [3.05, 3.63) is 11.6 Å². The summed E-state index contributed by atoms with van der Waals surface area (Å²) in [4.78, 5) is 10.6. The van der Waals surface area contributed by atoms with E-state index in [2.05, 4.69) is 0 Å². The van der Waals surface area contributed by atoms with Crippen LogP contribution >= 0.6 is 0 Å². The Hall–Kier alpha value is -0.653. The molecule has 0 saturated carbocycles. The van der Waals surface area contributed by atoms with Crippen LogP contribution in [0.2, 0.25) is 12.6 Å². The second-order valence-electron chi connectivity index (χ2n) is 3.73. The van der Waals surface area contributed by atoms with Crippen molar-refractivity contribution in [1.29, 1.82) is 0 Å². The number of carbonyl (C=O) groups is 1. The topological polar surface area (TPSA) is 55.8 Å². The summed E-state index contributed by atoms with van der Waals surface area (Å²) in [6.07, 6.45) is 2.42. The number of carboxylic acid groups (broad SMARTS) is 1. The zero-order valence-corrected chi connectivity index (χ0v) is 11.6. The molecule has 1 N–H and O–H groups in total. The van der Waals surface area contributed by atoms with Gasteiger partial charge in [0.25, 0.3) is 0 Å². The van der Waals surface area contributed by atoms with Crippen LogP contribution in [0, 0.1) is 0 Å². The molecule has 0 bridgehead atoms. The fourth-order valence-corrected chi connectivity index (χ4v) is 3.70. The number of carboxylic acids is 1. The summed E-state index contributed by atoms with van der Waals surface area (Å²) >= 11 is 0. The van der Waals surface area contributed by atoms with Crippen molar-refractivity contribution < 1.29 is 18.8 Å². The molecule has 0 aliphatic rings. The standard InChI is InChI=1S/C11H22O4Si/c1-5-14-16(4,15-6-2)9-7-8-10(3)11(12)13/h8H,5-7,9H2,1-4H3,(H,12,13). The fourth-order valence-electron chi connectivity index (χ4n) is 1.43. The highest BCUT2D eigenvalue weighted by Gasteiger charge is 2.29. The van der Waals surface area contributed by atoms with Crippen LogP contribution in [0.4, 0.5) is 0 Å². The maximum absolute atomic E-state index is 10.6. The van der Waals surface area contributed by atoms with Gasteiger partial charge in [0, 0.05) is 18.8 Å². The third kappa shape index (κ3) is 6.04. The monoisotopic (exact) mass is 246 g/mol. The molecule has 0 saturated heterocycles. The first-order valence-electron chi connectivity index (χ1n) is 5.63. The first-order chi connectivity index (χ1) is 7.45. The largest absolute Gasteiger partial charge is 0.478 e. The van der Waals surface area contributed by atoms with Crippen molar-refractivity contribution in [2.75, 3.05) is 13.2 Å². The van der Waals surface area contributed by atoms with Gasteiger partial charge in [-0.15, -0.1) is 0 Å². The van der Waals surface area contributed by atoms with Gasteiger partial charge in [-0.1, -0.05) is 6.08 Å². The minimum absolute atomic E-state index is 0.379. The maximum Gasteiger partial charge on any atom is 0.335 e. The molecule has 0 unspecified atom stereocenters. The van der Waals surface area contributed by atoms with Crippen LogP contribution < -0.4 is 0 Å². The van der Waals surface area contributed by atoms with E-state index in [1.165, 1.54) is 0 Å². The highest BCUT2D eigenvalue weighted by molar-refractivity contribution is 6.66. The Balaban J connectivity index is 4.22. The molecule has 4 nitrogen and oxygen atoms in total. The normalized spacial score (nSPS) is 12.9. The molecule has 94 valence electrons. The van der Waals surface area contributed by atoms with Gasteiger partial charge in [-0.3, -0.25) is 0 Å². The number of allylic oxidation sites excluding steroid dienone is 1. The minimum atomic E-state index is -2.09. The SMILES string of the molecule is CCO[Si](C)(CCC=C(C)C(=O)O)OCC. The predicted octanol–water partition coefficient (Wildman–Crippen LogP) is 2.55. The van der Waals surface area contributed by atoms with E-state index in [0.717, 1.165) is 6.04 Å². The lowest BCUT2D eigenvalue weighted by molar-refractivity contribution is -0.132. The molecule has 0 aliphatic carbocycles. The Bertz CT molecular complexity index is 244. The summed E-state index contributed by atoms with van der Waals surface area (Å²) in [5.74, 6) is -0.865. The molecule has 0 heterocycles. The van der Waals surface area contributed by atoms with Gasteiger partial charge in [0.15, 0.2) is 0 Å². The van der Waals surface area contributed by atoms with E-state index in [-0.39, 0.29) is 0 Å². The third-order valence-corrected chi connectivity index (χ3v) is 5.28. The van der Waals surface area contributed by atoms with Crippen LogP contribution in [0.3, 0.4) is 0 Å². The van der Waals surface area contributed by atoms with Gasteiger partial charge < -0.3 is 14.0 Å². The van der Waals surface area contributed by atoms with Crippen molar-refractivity contribution in [3.8, 4) is 0 Å². The van der Waals surface area contributed by atoms with Crippen LogP contribution in [0.5, 0.6) is 0 Å². The zero-order valence-electron chi connectivity index (χ0n) is 10.6. The molecule has 0 aliphatic heterocycles. The first kappa shape index (κ1) is 15.3. The Morgan fingerprint density at radius 3 is 2.19 bits per heavy atom. The van der Waals surface area contributed by atoms with E-state index in [4.69, 9.17) is 14.0 Å². The van der Waals surface area contributed by atoms with Crippen LogP contribution in [0.15, 0.2) is 11.6 Å². The van der Waals surface area contributed by atoms with E-state index >= 15 is 0 Å². The average molecular weight is 246 g/mol. The highest BCUT2D eigenvalue weighted by Crippen LogP contribution is 2.16. The number of hydrogen-bond acceptors (Lipinski definition) is 3. The fraction of sp³-hybridized carbons (Fsp3) is 0.727. The van der Waals surface area contributed by atoms with E-state index in [0.29, 0.717) is 25.2 Å². The molecular weight excluding hydrogens is 224 g/mol. The van der Waals surface area contributed by atoms with Crippen molar-refractivity contribution in [2.45, 2.75) is 39.8 Å². The molecule has 0 rings (SSSR count). The maximum atomic E-state index is 10.6. The molecule has 5 heteroatoms. The number of rotatable bonds is 8. The minimum Gasteiger partial charge on any atom is -0.478 e. The number of aliphatic carboxylic acids is 1. The number of hydrogen-bond donors (Lipinski definition) is 1. The molecule has 0 atom stereocenters. The third-order valence-electron chi connectivity index (χ3n) is 2.29. The molecule has 16 heavy (non-hydrogen) atoms. The smallest absolute Gasteiger partial charge is 0.335 e. The molecule has 0 fully saturated rings. The van der Waals surface area contributed by atoms with Gasteiger partial charge in [0.1, 0.15) is 0 Å². The van der Waals surface area contributed by atoms with Gasteiger partial charge in [0.05, 0.1) is 0 Å². The van der Waals surface area contributed by atoms with Crippen molar-refractivity contribution in [2.24, 2.45) is 0 Å². The summed E-state index contributed by atoms with van der Waals surface area (Å²) in [6, 6.07) is 0.791. The first-order valence-corrected chi connectivity index (χ1v) is 8.15.